The number of methoxy groups -OCH3 is 1. The third-order valence-electron chi connectivity index (χ3n) is 3.37. The van der Waals surface area contributed by atoms with Crippen molar-refractivity contribution in [2.24, 2.45) is 0 Å². The maximum atomic E-state index is 12.6. The number of anilines is 2. The molecule has 0 fully saturated rings. The molecule has 2 rings (SSSR count). The smallest absolute Gasteiger partial charge is 0.385 e. The highest BCUT2D eigenvalue weighted by atomic mass is 19.4. The summed E-state index contributed by atoms with van der Waals surface area (Å²) in [6.07, 6.45) is -3.65. The number of aromatic nitrogens is 2. The molecule has 0 saturated heterocycles. The fourth-order valence-electron chi connectivity index (χ4n) is 2.15. The lowest BCUT2D eigenvalue weighted by Crippen LogP contribution is -2.16. The monoisotopic (exact) mass is 368 g/mol. The van der Waals surface area contributed by atoms with E-state index in [0.717, 1.165) is 18.6 Å². The van der Waals surface area contributed by atoms with Crippen LogP contribution in [0.4, 0.5) is 24.7 Å². The number of hydrogen-bond donors (Lipinski definition) is 2. The molecule has 0 atom stereocenters. The van der Waals surface area contributed by atoms with E-state index in [4.69, 9.17) is 4.74 Å². The van der Waals surface area contributed by atoms with Gasteiger partial charge in [-0.25, -0.2) is 9.97 Å². The molecule has 0 aliphatic heterocycles. The number of ether oxygens (including phenoxy) is 1. The zero-order valence-electron chi connectivity index (χ0n) is 14.4. The molecule has 9 heteroatoms. The summed E-state index contributed by atoms with van der Waals surface area (Å²) in [7, 11) is 1.61. The number of halogens is 3. The predicted octanol–water partition coefficient (Wildman–Crippen LogP) is 3.50. The molecule has 6 nitrogen and oxygen atoms in total. The minimum absolute atomic E-state index is 0.117. The number of amides is 1. The number of carbonyl (C=O) groups is 1. The van der Waals surface area contributed by atoms with Crippen molar-refractivity contribution in [1.82, 2.24) is 9.97 Å². The van der Waals surface area contributed by atoms with Crippen LogP contribution in [0.5, 0.6) is 0 Å². The molecule has 1 amide bonds. The molecule has 1 aromatic heterocycles. The van der Waals surface area contributed by atoms with Gasteiger partial charge in [-0.3, -0.25) is 4.79 Å². The first-order valence-corrected chi connectivity index (χ1v) is 7.86. The summed E-state index contributed by atoms with van der Waals surface area (Å²) in [5.41, 5.74) is -0.420. The van der Waals surface area contributed by atoms with Crippen LogP contribution in [0.2, 0.25) is 0 Å². The molecule has 0 saturated carbocycles. The van der Waals surface area contributed by atoms with Gasteiger partial charge in [-0.15, -0.1) is 0 Å². The Labute approximate surface area is 148 Å². The first-order chi connectivity index (χ1) is 12.3. The fraction of sp³-hybridized carbons (Fsp3) is 0.353. The summed E-state index contributed by atoms with van der Waals surface area (Å²) in [6.45, 7) is 2.86. The molecule has 140 valence electrons. The van der Waals surface area contributed by atoms with Crippen molar-refractivity contribution in [2.45, 2.75) is 19.5 Å². The average molecular weight is 368 g/mol. The van der Waals surface area contributed by atoms with Crippen LogP contribution in [0.25, 0.3) is 0 Å². The number of rotatable bonds is 7. The normalized spacial score (nSPS) is 11.3. The fourth-order valence-corrected chi connectivity index (χ4v) is 2.15. The SMILES string of the molecule is COCCCNc1cc(C(=O)Nc2ccc(C(F)(F)F)cc2)nc(C)n1. The van der Waals surface area contributed by atoms with Crippen LogP contribution >= 0.6 is 0 Å². The highest BCUT2D eigenvalue weighted by molar-refractivity contribution is 6.03. The topological polar surface area (TPSA) is 76.1 Å². The quantitative estimate of drug-likeness (QED) is 0.732. The van der Waals surface area contributed by atoms with Crippen LogP contribution in [0.15, 0.2) is 30.3 Å². The Morgan fingerprint density at radius 1 is 1.19 bits per heavy atom. The molecule has 1 aromatic carbocycles. The third-order valence-corrected chi connectivity index (χ3v) is 3.37. The standard InChI is InChI=1S/C17H19F3N4O2/c1-11-22-14(10-15(23-11)21-8-3-9-26-2)16(25)24-13-6-4-12(5-7-13)17(18,19)20/h4-7,10H,3,8-9H2,1-2H3,(H,24,25)(H,21,22,23). The second-order valence-corrected chi connectivity index (χ2v) is 5.49. The van der Waals surface area contributed by atoms with Crippen molar-refractivity contribution in [1.29, 1.82) is 0 Å². The Hall–Kier alpha value is -2.68. The molecular weight excluding hydrogens is 349 g/mol. The molecule has 0 radical (unpaired) electrons. The molecular formula is C17H19F3N4O2. The summed E-state index contributed by atoms with van der Waals surface area (Å²) >= 11 is 0. The summed E-state index contributed by atoms with van der Waals surface area (Å²) in [5.74, 6) is 0.362. The van der Waals surface area contributed by atoms with E-state index in [1.54, 1.807) is 14.0 Å². The van der Waals surface area contributed by atoms with Crippen molar-refractivity contribution < 1.29 is 22.7 Å². The van der Waals surface area contributed by atoms with Gasteiger partial charge < -0.3 is 15.4 Å². The number of alkyl halides is 3. The number of carbonyl (C=O) groups excluding carboxylic acids is 1. The van der Waals surface area contributed by atoms with Gasteiger partial charge in [0.05, 0.1) is 5.56 Å². The molecule has 0 spiro atoms. The minimum Gasteiger partial charge on any atom is -0.385 e. The van der Waals surface area contributed by atoms with E-state index in [0.29, 0.717) is 24.8 Å². The second-order valence-electron chi connectivity index (χ2n) is 5.49. The highest BCUT2D eigenvalue weighted by Crippen LogP contribution is 2.29. The van der Waals surface area contributed by atoms with Gasteiger partial charge in [-0.05, 0) is 37.6 Å². The minimum atomic E-state index is -4.42. The van der Waals surface area contributed by atoms with Crippen LogP contribution in [0.1, 0.15) is 28.3 Å². The van der Waals surface area contributed by atoms with Crippen molar-refractivity contribution >= 4 is 17.4 Å². The van der Waals surface area contributed by atoms with Gasteiger partial charge in [0.15, 0.2) is 0 Å². The third kappa shape index (κ3) is 5.69. The molecule has 0 aliphatic carbocycles. The van der Waals surface area contributed by atoms with Gasteiger partial charge in [-0.1, -0.05) is 0 Å². The summed E-state index contributed by atoms with van der Waals surface area (Å²) in [4.78, 5) is 20.6. The van der Waals surface area contributed by atoms with E-state index in [9.17, 15) is 18.0 Å². The Morgan fingerprint density at radius 3 is 2.50 bits per heavy atom. The van der Waals surface area contributed by atoms with E-state index in [-0.39, 0.29) is 11.4 Å². The van der Waals surface area contributed by atoms with E-state index in [1.165, 1.54) is 18.2 Å². The van der Waals surface area contributed by atoms with Gasteiger partial charge in [0.25, 0.3) is 5.91 Å². The van der Waals surface area contributed by atoms with E-state index in [2.05, 4.69) is 20.6 Å². The van der Waals surface area contributed by atoms with Gasteiger partial charge in [0, 0.05) is 32.0 Å². The largest absolute Gasteiger partial charge is 0.416 e. The van der Waals surface area contributed by atoms with Gasteiger partial charge in [0.1, 0.15) is 17.3 Å². The Morgan fingerprint density at radius 2 is 1.88 bits per heavy atom. The maximum absolute atomic E-state index is 12.6. The number of benzene rings is 1. The average Bonchev–Trinajstić information content (AvgIpc) is 2.58. The van der Waals surface area contributed by atoms with Gasteiger partial charge in [-0.2, -0.15) is 13.2 Å². The lowest BCUT2D eigenvalue weighted by Gasteiger charge is -2.10. The molecule has 0 aliphatic rings. The second kappa shape index (κ2) is 8.61. The number of nitrogens with one attached hydrogen (secondary N) is 2. The van der Waals surface area contributed by atoms with E-state index in [1.807, 2.05) is 0 Å². The van der Waals surface area contributed by atoms with Crippen LogP contribution in [-0.4, -0.2) is 36.1 Å². The Kier molecular flexibility index (Phi) is 6.51. The van der Waals surface area contributed by atoms with E-state index < -0.39 is 17.6 Å². The van der Waals surface area contributed by atoms with Gasteiger partial charge >= 0.3 is 6.18 Å². The van der Waals surface area contributed by atoms with Crippen LogP contribution in [0.3, 0.4) is 0 Å². The lowest BCUT2D eigenvalue weighted by atomic mass is 10.2. The van der Waals surface area contributed by atoms with Gasteiger partial charge in [0.2, 0.25) is 0 Å². The highest BCUT2D eigenvalue weighted by Gasteiger charge is 2.30. The van der Waals surface area contributed by atoms with Crippen molar-refractivity contribution in [3.63, 3.8) is 0 Å². The first kappa shape index (κ1) is 19.6. The maximum Gasteiger partial charge on any atom is 0.416 e. The van der Waals surface area contributed by atoms with Crippen LogP contribution in [-0.2, 0) is 10.9 Å². The molecule has 2 aromatic rings. The van der Waals surface area contributed by atoms with Crippen molar-refractivity contribution in [3.8, 4) is 0 Å². The zero-order valence-corrected chi connectivity index (χ0v) is 14.4. The Bertz CT molecular complexity index is 749. The molecule has 1 heterocycles. The molecule has 26 heavy (non-hydrogen) atoms. The predicted molar refractivity (Wildman–Crippen MR) is 91.1 cm³/mol. The molecule has 2 N–H and O–H groups in total. The number of aryl methyl sites for hydroxylation is 1. The van der Waals surface area contributed by atoms with Crippen LogP contribution in [0, 0.1) is 6.92 Å². The van der Waals surface area contributed by atoms with E-state index >= 15 is 0 Å². The van der Waals surface area contributed by atoms with Crippen LogP contribution < -0.4 is 10.6 Å². The molecule has 0 unspecified atom stereocenters. The number of hydrogen-bond acceptors (Lipinski definition) is 5. The lowest BCUT2D eigenvalue weighted by molar-refractivity contribution is -0.137. The molecule has 0 bridgehead atoms. The summed E-state index contributed by atoms with van der Waals surface area (Å²) in [5, 5.41) is 5.59. The summed E-state index contributed by atoms with van der Waals surface area (Å²) in [6, 6.07) is 5.68. The number of nitrogens with zero attached hydrogens (tertiary/aromatic N) is 2. The Balaban J connectivity index is 2.05. The summed E-state index contributed by atoms with van der Waals surface area (Å²) < 4.78 is 42.7. The zero-order chi connectivity index (χ0) is 19.2. The van der Waals surface area contributed by atoms with Crippen molar-refractivity contribution in [3.05, 3.63) is 47.4 Å². The first-order valence-electron chi connectivity index (χ1n) is 7.86. The van der Waals surface area contributed by atoms with Crippen molar-refractivity contribution in [2.75, 3.05) is 30.9 Å².